The standard InChI is InChI=1S/C19H24N4O.C2H6/c1-6-13-14(7-2)19(24)23(12(3)4)16-11-9-8-10-15(16)17(20)18(13)22(5)21;1-2/h6-12H,1-2,20-21H2,3-5H3;1-2H3/b14-13-,18-17-;. The highest BCUT2D eigenvalue weighted by molar-refractivity contribution is 6.11. The molecule has 1 aromatic rings. The van der Waals surface area contributed by atoms with Crippen molar-refractivity contribution in [3.8, 4) is 0 Å². The molecule has 1 aliphatic rings. The van der Waals surface area contributed by atoms with E-state index in [4.69, 9.17) is 11.6 Å². The van der Waals surface area contributed by atoms with Crippen molar-refractivity contribution in [3.63, 3.8) is 0 Å². The van der Waals surface area contributed by atoms with Gasteiger partial charge in [-0.3, -0.25) is 4.79 Å². The molecule has 140 valence electrons. The van der Waals surface area contributed by atoms with E-state index in [1.54, 1.807) is 18.0 Å². The van der Waals surface area contributed by atoms with E-state index in [-0.39, 0.29) is 11.9 Å². The van der Waals surface area contributed by atoms with Crippen molar-refractivity contribution in [1.29, 1.82) is 0 Å². The van der Waals surface area contributed by atoms with Crippen LogP contribution in [-0.2, 0) is 4.79 Å². The van der Waals surface area contributed by atoms with Crippen molar-refractivity contribution in [2.24, 2.45) is 11.6 Å². The van der Waals surface area contributed by atoms with Gasteiger partial charge < -0.3 is 15.6 Å². The number of carbonyl (C=O) groups excluding carboxylic acids is 1. The summed E-state index contributed by atoms with van der Waals surface area (Å²) in [6.07, 6.45) is 3.12. The summed E-state index contributed by atoms with van der Waals surface area (Å²) in [6.45, 7) is 15.5. The van der Waals surface area contributed by atoms with Gasteiger partial charge in [-0.25, -0.2) is 5.84 Å². The van der Waals surface area contributed by atoms with Crippen LogP contribution >= 0.6 is 0 Å². The first-order valence-electron chi connectivity index (χ1n) is 8.75. The Balaban J connectivity index is 0.00000163. The molecule has 5 nitrogen and oxygen atoms in total. The van der Waals surface area contributed by atoms with Crippen molar-refractivity contribution in [2.75, 3.05) is 11.9 Å². The molecule has 5 heteroatoms. The van der Waals surface area contributed by atoms with Crippen molar-refractivity contribution < 1.29 is 4.79 Å². The first-order valence-corrected chi connectivity index (χ1v) is 8.75. The fraction of sp³-hybridized carbons (Fsp3) is 0.286. The van der Waals surface area contributed by atoms with Crippen LogP contribution in [0.15, 0.2) is 66.4 Å². The third-order valence-corrected chi connectivity index (χ3v) is 3.98. The normalized spacial score (nSPS) is 19.8. The Morgan fingerprint density at radius 3 is 2.12 bits per heavy atom. The van der Waals surface area contributed by atoms with E-state index in [0.717, 1.165) is 11.3 Å². The maximum atomic E-state index is 13.2. The maximum Gasteiger partial charge on any atom is 0.259 e. The summed E-state index contributed by atoms with van der Waals surface area (Å²) in [4.78, 5) is 14.9. The Hall–Kier alpha value is -2.79. The Bertz CT molecular complexity index is 757. The Morgan fingerprint density at radius 1 is 1.12 bits per heavy atom. The number of fused-ring (bicyclic) bond motifs is 1. The van der Waals surface area contributed by atoms with Gasteiger partial charge in [-0.2, -0.15) is 0 Å². The second-order valence-corrected chi connectivity index (χ2v) is 5.89. The molecular formula is C21H30N4O. The minimum absolute atomic E-state index is 0.0513. The predicted molar refractivity (Wildman–Crippen MR) is 111 cm³/mol. The molecule has 0 saturated carbocycles. The molecule has 4 N–H and O–H groups in total. The monoisotopic (exact) mass is 354 g/mol. The van der Waals surface area contributed by atoms with Gasteiger partial charge in [0.05, 0.1) is 17.1 Å². The van der Waals surface area contributed by atoms with E-state index in [0.29, 0.717) is 22.5 Å². The maximum absolute atomic E-state index is 13.2. The summed E-state index contributed by atoms with van der Waals surface area (Å²) in [5.74, 6) is 5.85. The van der Waals surface area contributed by atoms with Gasteiger partial charge in [0.2, 0.25) is 0 Å². The number of rotatable bonds is 4. The van der Waals surface area contributed by atoms with E-state index in [1.807, 2.05) is 52.0 Å². The lowest BCUT2D eigenvalue weighted by atomic mass is 9.94. The summed E-state index contributed by atoms with van der Waals surface area (Å²) in [7, 11) is 1.68. The molecule has 1 heterocycles. The van der Waals surface area contributed by atoms with Crippen LogP contribution in [0, 0.1) is 0 Å². The van der Waals surface area contributed by atoms with Crippen molar-refractivity contribution in [2.45, 2.75) is 33.7 Å². The molecule has 0 fully saturated rings. The van der Waals surface area contributed by atoms with E-state index in [1.165, 1.54) is 11.1 Å². The smallest absolute Gasteiger partial charge is 0.259 e. The van der Waals surface area contributed by atoms with E-state index >= 15 is 0 Å². The van der Waals surface area contributed by atoms with Gasteiger partial charge in [0.1, 0.15) is 0 Å². The number of likely N-dealkylation sites (N-methyl/N-ethyl adjacent to an activating group) is 1. The second-order valence-electron chi connectivity index (χ2n) is 5.89. The van der Waals surface area contributed by atoms with Crippen molar-refractivity contribution in [3.05, 3.63) is 72.0 Å². The minimum Gasteiger partial charge on any atom is -0.396 e. The van der Waals surface area contributed by atoms with Gasteiger partial charge in [-0.1, -0.05) is 57.4 Å². The highest BCUT2D eigenvalue weighted by Gasteiger charge is 2.30. The third kappa shape index (κ3) is 3.73. The average molecular weight is 354 g/mol. The van der Waals surface area contributed by atoms with Crippen molar-refractivity contribution in [1.82, 2.24) is 5.01 Å². The molecule has 2 rings (SSSR count). The van der Waals surface area contributed by atoms with Crippen LogP contribution in [0.4, 0.5) is 5.69 Å². The largest absolute Gasteiger partial charge is 0.396 e. The zero-order valence-electron chi connectivity index (χ0n) is 16.4. The summed E-state index contributed by atoms with van der Waals surface area (Å²) >= 11 is 0. The number of nitrogens with zero attached hydrogens (tertiary/aromatic N) is 2. The first-order chi connectivity index (χ1) is 12.3. The molecule has 26 heavy (non-hydrogen) atoms. The zero-order chi connectivity index (χ0) is 20.0. The van der Waals surface area contributed by atoms with E-state index in [2.05, 4.69) is 13.2 Å². The Morgan fingerprint density at radius 2 is 1.65 bits per heavy atom. The van der Waals surface area contributed by atoms with Gasteiger partial charge >= 0.3 is 0 Å². The van der Waals surface area contributed by atoms with Crippen LogP contribution in [-0.4, -0.2) is 24.0 Å². The number of para-hydroxylation sites is 1. The van der Waals surface area contributed by atoms with Gasteiger partial charge in [0.15, 0.2) is 0 Å². The van der Waals surface area contributed by atoms with E-state index in [9.17, 15) is 4.79 Å². The molecular weight excluding hydrogens is 324 g/mol. The molecule has 0 bridgehead atoms. The molecule has 0 radical (unpaired) electrons. The third-order valence-electron chi connectivity index (χ3n) is 3.98. The first kappa shape index (κ1) is 21.3. The number of anilines is 1. The average Bonchev–Trinajstić information content (AvgIpc) is 2.61. The summed E-state index contributed by atoms with van der Waals surface area (Å²) in [5, 5.41) is 1.41. The molecule has 1 amide bonds. The lowest BCUT2D eigenvalue weighted by molar-refractivity contribution is -0.115. The molecule has 0 saturated heterocycles. The number of allylic oxidation sites excluding steroid dienone is 1. The lowest BCUT2D eigenvalue weighted by Crippen LogP contribution is -2.41. The van der Waals surface area contributed by atoms with Crippen LogP contribution in [0.1, 0.15) is 33.3 Å². The number of carbonyl (C=O) groups is 1. The fourth-order valence-corrected chi connectivity index (χ4v) is 2.96. The number of amides is 1. The molecule has 0 spiro atoms. The molecule has 1 aliphatic heterocycles. The molecule has 1 aromatic carbocycles. The fourth-order valence-electron chi connectivity index (χ4n) is 2.96. The molecule has 0 unspecified atom stereocenters. The van der Waals surface area contributed by atoms with Crippen molar-refractivity contribution >= 4 is 17.3 Å². The van der Waals surface area contributed by atoms with Crippen LogP contribution in [0.5, 0.6) is 0 Å². The lowest BCUT2D eigenvalue weighted by Gasteiger charge is -2.33. The number of hydrogen-bond acceptors (Lipinski definition) is 4. The van der Waals surface area contributed by atoms with Gasteiger partial charge in [0.25, 0.3) is 5.91 Å². The van der Waals surface area contributed by atoms with Gasteiger partial charge in [-0.15, -0.1) is 0 Å². The van der Waals surface area contributed by atoms with Crippen LogP contribution in [0.2, 0.25) is 0 Å². The SMILES string of the molecule is C=C/C1=C(C=C)/C(N(C)N)=C(/N)c2ccccc2N(C(C)C)C1=O.CC. The van der Waals surface area contributed by atoms with E-state index < -0.39 is 0 Å². The molecule has 0 aromatic heterocycles. The zero-order valence-corrected chi connectivity index (χ0v) is 16.4. The highest BCUT2D eigenvalue weighted by atomic mass is 16.2. The topological polar surface area (TPSA) is 75.6 Å². The Labute approximate surface area is 156 Å². The summed E-state index contributed by atoms with van der Waals surface area (Å²) in [5.41, 5.74) is 9.98. The Kier molecular flexibility index (Phi) is 7.41. The van der Waals surface area contributed by atoms with Gasteiger partial charge in [-0.05, 0) is 19.9 Å². The minimum atomic E-state index is -0.158. The predicted octanol–water partition coefficient (Wildman–Crippen LogP) is 3.57. The number of nitrogens with two attached hydrogens (primary N) is 2. The molecule has 0 atom stereocenters. The number of hydrogen-bond donors (Lipinski definition) is 2. The van der Waals surface area contributed by atoms with Crippen LogP contribution in [0.3, 0.4) is 0 Å². The number of benzene rings is 1. The molecule has 0 aliphatic carbocycles. The van der Waals surface area contributed by atoms with Crippen LogP contribution < -0.4 is 16.5 Å². The second kappa shape index (κ2) is 9.06. The summed E-state index contributed by atoms with van der Waals surface area (Å²) < 4.78 is 0. The van der Waals surface area contributed by atoms with Gasteiger partial charge in [0, 0.05) is 29.8 Å². The highest BCUT2D eigenvalue weighted by Crippen LogP contribution is 2.35. The number of hydrazine groups is 1. The quantitative estimate of drug-likeness (QED) is 0.640. The summed E-state index contributed by atoms with van der Waals surface area (Å²) in [6, 6.07) is 7.48. The van der Waals surface area contributed by atoms with Crippen LogP contribution in [0.25, 0.3) is 5.70 Å².